The van der Waals surface area contributed by atoms with Crippen molar-refractivity contribution in [3.63, 3.8) is 0 Å². The van der Waals surface area contributed by atoms with Crippen LogP contribution in [-0.2, 0) is 13.0 Å². The first-order chi connectivity index (χ1) is 9.24. The Morgan fingerprint density at radius 2 is 2.16 bits per heavy atom. The van der Waals surface area contributed by atoms with E-state index >= 15 is 0 Å². The monoisotopic (exact) mass is 252 g/mol. The van der Waals surface area contributed by atoms with Gasteiger partial charge in [-0.05, 0) is 43.2 Å². The van der Waals surface area contributed by atoms with Crippen LogP contribution in [0, 0.1) is 6.92 Å². The molecule has 0 saturated carbocycles. The predicted molar refractivity (Wildman–Crippen MR) is 76.8 cm³/mol. The fraction of sp³-hybridized carbons (Fsp3) is 0.200. The molecular formula is C15H16N4. The third-order valence-corrected chi connectivity index (χ3v) is 3.31. The molecule has 96 valence electrons. The van der Waals surface area contributed by atoms with E-state index in [1.54, 1.807) is 6.20 Å². The van der Waals surface area contributed by atoms with Crippen molar-refractivity contribution < 1.29 is 0 Å². The largest absolute Gasteiger partial charge is 0.399 e. The van der Waals surface area contributed by atoms with E-state index in [1.807, 2.05) is 37.4 Å². The third-order valence-electron chi connectivity index (χ3n) is 3.31. The topological polar surface area (TPSA) is 56.7 Å². The zero-order chi connectivity index (χ0) is 13.2. The van der Waals surface area contributed by atoms with Crippen molar-refractivity contribution in [1.29, 1.82) is 0 Å². The summed E-state index contributed by atoms with van der Waals surface area (Å²) in [5.41, 5.74) is 9.88. The summed E-state index contributed by atoms with van der Waals surface area (Å²) < 4.78 is 2.22. The Labute approximate surface area is 111 Å². The van der Waals surface area contributed by atoms with Crippen LogP contribution in [0.4, 0.5) is 5.69 Å². The number of pyridine rings is 1. The SMILES string of the molecule is Cc1nc2cc(N)ccc2n1CCc1cccnc1. The number of aryl methyl sites for hydroxylation is 3. The molecule has 0 atom stereocenters. The van der Waals surface area contributed by atoms with E-state index in [0.717, 1.165) is 35.5 Å². The number of anilines is 1. The summed E-state index contributed by atoms with van der Waals surface area (Å²) >= 11 is 0. The predicted octanol–water partition coefficient (Wildman–Crippen LogP) is 2.56. The Balaban J connectivity index is 1.90. The molecule has 0 aliphatic rings. The van der Waals surface area contributed by atoms with Crippen LogP contribution in [-0.4, -0.2) is 14.5 Å². The maximum absolute atomic E-state index is 5.79. The summed E-state index contributed by atoms with van der Waals surface area (Å²) in [6, 6.07) is 9.94. The summed E-state index contributed by atoms with van der Waals surface area (Å²) in [7, 11) is 0. The highest BCUT2D eigenvalue weighted by Crippen LogP contribution is 2.19. The number of aromatic nitrogens is 3. The molecule has 0 radical (unpaired) electrons. The van der Waals surface area contributed by atoms with Crippen molar-refractivity contribution in [2.75, 3.05) is 5.73 Å². The Morgan fingerprint density at radius 1 is 1.26 bits per heavy atom. The lowest BCUT2D eigenvalue weighted by atomic mass is 10.2. The lowest BCUT2D eigenvalue weighted by Gasteiger charge is -2.06. The van der Waals surface area contributed by atoms with Gasteiger partial charge >= 0.3 is 0 Å². The van der Waals surface area contributed by atoms with Crippen LogP contribution in [0.3, 0.4) is 0 Å². The quantitative estimate of drug-likeness (QED) is 0.729. The van der Waals surface area contributed by atoms with Gasteiger partial charge in [-0.25, -0.2) is 4.98 Å². The summed E-state index contributed by atoms with van der Waals surface area (Å²) in [5.74, 6) is 1.02. The van der Waals surface area contributed by atoms with Gasteiger partial charge in [0.25, 0.3) is 0 Å². The lowest BCUT2D eigenvalue weighted by molar-refractivity contribution is 0.691. The van der Waals surface area contributed by atoms with E-state index in [9.17, 15) is 0 Å². The Hall–Kier alpha value is -2.36. The molecule has 2 heterocycles. The molecule has 0 amide bonds. The molecule has 0 aliphatic heterocycles. The van der Waals surface area contributed by atoms with Gasteiger partial charge in [0.15, 0.2) is 0 Å². The van der Waals surface area contributed by atoms with Crippen LogP contribution in [0.25, 0.3) is 11.0 Å². The smallest absolute Gasteiger partial charge is 0.106 e. The van der Waals surface area contributed by atoms with Crippen molar-refractivity contribution in [3.8, 4) is 0 Å². The zero-order valence-corrected chi connectivity index (χ0v) is 10.9. The molecule has 2 N–H and O–H groups in total. The van der Waals surface area contributed by atoms with Gasteiger partial charge in [-0.3, -0.25) is 4.98 Å². The summed E-state index contributed by atoms with van der Waals surface area (Å²) in [6.45, 7) is 2.93. The van der Waals surface area contributed by atoms with Gasteiger partial charge in [-0.1, -0.05) is 6.07 Å². The number of nitrogens with two attached hydrogens (primary N) is 1. The first kappa shape index (κ1) is 11.7. The van der Waals surface area contributed by atoms with Crippen LogP contribution in [0.2, 0.25) is 0 Å². The molecule has 19 heavy (non-hydrogen) atoms. The Kier molecular flexibility index (Phi) is 2.91. The van der Waals surface area contributed by atoms with Gasteiger partial charge in [0.1, 0.15) is 5.82 Å². The summed E-state index contributed by atoms with van der Waals surface area (Å²) in [6.07, 6.45) is 4.65. The number of nitrogen functional groups attached to an aromatic ring is 1. The van der Waals surface area contributed by atoms with E-state index in [2.05, 4.69) is 20.6 Å². The van der Waals surface area contributed by atoms with Gasteiger partial charge in [-0.15, -0.1) is 0 Å². The minimum Gasteiger partial charge on any atom is -0.399 e. The lowest BCUT2D eigenvalue weighted by Crippen LogP contribution is -2.03. The first-order valence-corrected chi connectivity index (χ1v) is 6.35. The second kappa shape index (κ2) is 4.72. The molecule has 0 fully saturated rings. The van der Waals surface area contributed by atoms with Crippen molar-refractivity contribution in [2.24, 2.45) is 0 Å². The van der Waals surface area contributed by atoms with E-state index < -0.39 is 0 Å². The second-order valence-corrected chi connectivity index (χ2v) is 4.67. The van der Waals surface area contributed by atoms with Crippen molar-refractivity contribution in [3.05, 3.63) is 54.1 Å². The highest BCUT2D eigenvalue weighted by molar-refractivity contribution is 5.79. The molecule has 0 unspecified atom stereocenters. The molecule has 3 rings (SSSR count). The van der Waals surface area contributed by atoms with Gasteiger partial charge in [0.2, 0.25) is 0 Å². The maximum atomic E-state index is 5.79. The molecule has 0 saturated heterocycles. The third kappa shape index (κ3) is 2.29. The van der Waals surface area contributed by atoms with Crippen molar-refractivity contribution >= 4 is 16.7 Å². The molecule has 0 bridgehead atoms. The number of hydrogen-bond donors (Lipinski definition) is 1. The molecule has 0 aliphatic carbocycles. The summed E-state index contributed by atoms with van der Waals surface area (Å²) in [5, 5.41) is 0. The standard InChI is InChI=1S/C15H16N4/c1-11-18-14-9-13(16)4-5-15(14)19(11)8-6-12-3-2-7-17-10-12/h2-5,7,9-10H,6,8,16H2,1H3. The van der Waals surface area contributed by atoms with Crippen molar-refractivity contribution in [2.45, 2.75) is 19.9 Å². The molecule has 4 nitrogen and oxygen atoms in total. The number of fused-ring (bicyclic) bond motifs is 1. The number of rotatable bonds is 3. The van der Waals surface area contributed by atoms with E-state index in [4.69, 9.17) is 5.73 Å². The van der Waals surface area contributed by atoms with Gasteiger partial charge < -0.3 is 10.3 Å². The second-order valence-electron chi connectivity index (χ2n) is 4.67. The highest BCUT2D eigenvalue weighted by Gasteiger charge is 2.07. The first-order valence-electron chi connectivity index (χ1n) is 6.35. The van der Waals surface area contributed by atoms with Crippen LogP contribution in [0.5, 0.6) is 0 Å². The van der Waals surface area contributed by atoms with Crippen LogP contribution in [0.1, 0.15) is 11.4 Å². The molecule has 1 aromatic carbocycles. The van der Waals surface area contributed by atoms with Crippen LogP contribution in [0.15, 0.2) is 42.7 Å². The fourth-order valence-corrected chi connectivity index (χ4v) is 2.34. The van der Waals surface area contributed by atoms with Crippen molar-refractivity contribution in [1.82, 2.24) is 14.5 Å². The molecule has 3 aromatic rings. The normalized spacial score (nSPS) is 11.0. The Morgan fingerprint density at radius 3 is 2.95 bits per heavy atom. The maximum Gasteiger partial charge on any atom is 0.106 e. The fourth-order valence-electron chi connectivity index (χ4n) is 2.34. The summed E-state index contributed by atoms with van der Waals surface area (Å²) in [4.78, 5) is 8.69. The number of imidazole rings is 1. The van der Waals surface area contributed by atoms with Crippen LogP contribution < -0.4 is 5.73 Å². The number of hydrogen-bond acceptors (Lipinski definition) is 3. The molecule has 0 spiro atoms. The average molecular weight is 252 g/mol. The molecule has 4 heteroatoms. The van der Waals surface area contributed by atoms with E-state index in [-0.39, 0.29) is 0 Å². The Bertz CT molecular complexity index is 701. The average Bonchev–Trinajstić information content (AvgIpc) is 2.72. The number of benzene rings is 1. The number of nitrogens with zero attached hydrogens (tertiary/aromatic N) is 3. The highest BCUT2D eigenvalue weighted by atomic mass is 15.1. The minimum absolute atomic E-state index is 0.754. The van der Waals surface area contributed by atoms with Crippen LogP contribution >= 0.6 is 0 Å². The van der Waals surface area contributed by atoms with E-state index in [1.165, 1.54) is 5.56 Å². The van der Waals surface area contributed by atoms with Gasteiger partial charge in [-0.2, -0.15) is 0 Å². The van der Waals surface area contributed by atoms with Gasteiger partial charge in [0.05, 0.1) is 11.0 Å². The molecular weight excluding hydrogens is 236 g/mol. The minimum atomic E-state index is 0.754. The molecule has 2 aromatic heterocycles. The van der Waals surface area contributed by atoms with Gasteiger partial charge in [0, 0.05) is 24.6 Å². The van der Waals surface area contributed by atoms with E-state index in [0.29, 0.717) is 0 Å². The zero-order valence-electron chi connectivity index (χ0n) is 10.9.